The molecule has 1 atom stereocenters. The molecule has 0 radical (unpaired) electrons. The molecule has 0 saturated carbocycles. The number of nitrogens with zero attached hydrogens (tertiary/aromatic N) is 3. The lowest BCUT2D eigenvalue weighted by Crippen LogP contribution is -2.56. The highest BCUT2D eigenvalue weighted by atomic mass is 35.5. The maximum atomic E-state index is 13.2. The van der Waals surface area contributed by atoms with Gasteiger partial charge in [-0.05, 0) is 29.8 Å². The van der Waals surface area contributed by atoms with Crippen molar-refractivity contribution in [1.29, 1.82) is 0 Å². The summed E-state index contributed by atoms with van der Waals surface area (Å²) in [5.41, 5.74) is -1.64. The van der Waals surface area contributed by atoms with Gasteiger partial charge in [0, 0.05) is 11.8 Å². The van der Waals surface area contributed by atoms with Crippen molar-refractivity contribution in [3.63, 3.8) is 0 Å². The Hall–Kier alpha value is -2.91. The lowest BCUT2D eigenvalue weighted by Gasteiger charge is -2.17. The fraction of sp³-hybridized carbons (Fsp3) is 0.211. The number of alkyl halides is 3. The highest BCUT2D eigenvalue weighted by Gasteiger charge is 2.37. The van der Waals surface area contributed by atoms with Crippen LogP contribution >= 0.6 is 11.6 Å². The summed E-state index contributed by atoms with van der Waals surface area (Å²) in [6.07, 6.45) is -4.04. The predicted molar refractivity (Wildman–Crippen MR) is 93.9 cm³/mol. The molecule has 2 aromatic heterocycles. The Morgan fingerprint density at radius 1 is 1.31 bits per heavy atom. The van der Waals surface area contributed by atoms with Gasteiger partial charge in [-0.1, -0.05) is 23.7 Å². The SMILES string of the molecule is Cn1c([O-])c(-c2cccc(C(F)(F)F)c2)c(=O)[n+]2c1COC2c1ccc(Cl)nc1. The third-order valence-corrected chi connectivity index (χ3v) is 4.96. The van der Waals surface area contributed by atoms with Crippen LogP contribution in [0, 0.1) is 0 Å². The number of fused-ring (bicyclic) bond motifs is 1. The average molecular weight is 424 g/mol. The van der Waals surface area contributed by atoms with Crippen LogP contribution in [-0.2, 0) is 24.6 Å². The largest absolute Gasteiger partial charge is 0.842 e. The first-order valence-corrected chi connectivity index (χ1v) is 8.81. The third-order valence-electron chi connectivity index (χ3n) is 4.74. The second-order valence-corrected chi connectivity index (χ2v) is 6.87. The van der Waals surface area contributed by atoms with Crippen molar-refractivity contribution in [3.05, 3.63) is 75.1 Å². The molecule has 150 valence electrons. The van der Waals surface area contributed by atoms with E-state index in [1.807, 2.05) is 0 Å². The third kappa shape index (κ3) is 3.26. The molecule has 6 nitrogen and oxygen atoms in total. The number of halogens is 4. The van der Waals surface area contributed by atoms with Gasteiger partial charge >= 0.3 is 11.7 Å². The van der Waals surface area contributed by atoms with Crippen LogP contribution in [0.4, 0.5) is 13.2 Å². The first kappa shape index (κ1) is 19.4. The molecule has 0 bridgehead atoms. The molecule has 0 N–H and O–H groups in total. The highest BCUT2D eigenvalue weighted by molar-refractivity contribution is 6.29. The van der Waals surface area contributed by atoms with Crippen LogP contribution in [0.25, 0.3) is 11.1 Å². The van der Waals surface area contributed by atoms with Crippen molar-refractivity contribution in [2.24, 2.45) is 7.05 Å². The molecule has 1 aliphatic rings. The summed E-state index contributed by atoms with van der Waals surface area (Å²) in [6, 6.07) is 7.28. The van der Waals surface area contributed by atoms with Crippen LogP contribution in [0.1, 0.15) is 23.2 Å². The predicted octanol–water partition coefficient (Wildman–Crippen LogP) is 2.56. The van der Waals surface area contributed by atoms with E-state index in [0.29, 0.717) is 11.4 Å². The molecule has 0 amide bonds. The lowest BCUT2D eigenvalue weighted by molar-refractivity contribution is -0.748. The molecule has 0 saturated heterocycles. The molecule has 0 fully saturated rings. The van der Waals surface area contributed by atoms with Gasteiger partial charge in [-0.2, -0.15) is 17.7 Å². The number of hydrogen-bond donors (Lipinski definition) is 0. The molecule has 1 aliphatic heterocycles. The Labute approximate surface area is 167 Å². The number of pyridine rings is 1. The molecular weight excluding hydrogens is 411 g/mol. The van der Waals surface area contributed by atoms with E-state index in [2.05, 4.69) is 4.98 Å². The number of hydrogen-bond acceptors (Lipinski definition) is 4. The van der Waals surface area contributed by atoms with Gasteiger partial charge in [-0.3, -0.25) is 0 Å². The van der Waals surface area contributed by atoms with Gasteiger partial charge < -0.3 is 9.84 Å². The summed E-state index contributed by atoms with van der Waals surface area (Å²) in [5, 5.41) is 13.0. The van der Waals surface area contributed by atoms with Crippen molar-refractivity contribution in [3.8, 4) is 17.0 Å². The van der Waals surface area contributed by atoms with Gasteiger partial charge in [-0.25, -0.2) is 14.3 Å². The second kappa shape index (κ2) is 6.85. The number of benzene rings is 1. The Morgan fingerprint density at radius 2 is 2.07 bits per heavy atom. The van der Waals surface area contributed by atoms with E-state index in [9.17, 15) is 23.1 Å². The molecule has 29 heavy (non-hydrogen) atoms. The summed E-state index contributed by atoms with van der Waals surface area (Å²) < 4.78 is 47.4. The summed E-state index contributed by atoms with van der Waals surface area (Å²) in [6.45, 7) is -0.0167. The second-order valence-electron chi connectivity index (χ2n) is 6.49. The van der Waals surface area contributed by atoms with E-state index in [0.717, 1.165) is 18.2 Å². The summed E-state index contributed by atoms with van der Waals surface area (Å²) >= 11 is 5.79. The Bertz CT molecular complexity index is 1160. The van der Waals surface area contributed by atoms with Crippen molar-refractivity contribution >= 4 is 11.6 Å². The van der Waals surface area contributed by atoms with Crippen molar-refractivity contribution in [1.82, 2.24) is 9.55 Å². The minimum absolute atomic E-state index is 0.0167. The molecule has 0 spiro atoms. The zero-order chi connectivity index (χ0) is 20.9. The van der Waals surface area contributed by atoms with E-state index in [1.165, 1.54) is 34.5 Å². The molecule has 0 aliphatic carbocycles. The quantitative estimate of drug-likeness (QED) is 0.469. The fourth-order valence-corrected chi connectivity index (χ4v) is 3.40. The van der Waals surface area contributed by atoms with Gasteiger partial charge in [0.15, 0.2) is 6.61 Å². The van der Waals surface area contributed by atoms with Gasteiger partial charge in [-0.15, -0.1) is 0 Å². The standard InChI is InChI=1S/C19H13ClF3N3O3/c1-25-14-9-29-18(11-5-6-13(20)24-8-11)26(14)17(28)15(16(25)27)10-3-2-4-12(7-10)19(21,22)23/h2-8,18H,9H2,1H3. The lowest BCUT2D eigenvalue weighted by atomic mass is 10.0. The monoisotopic (exact) mass is 423 g/mol. The van der Waals surface area contributed by atoms with E-state index >= 15 is 0 Å². The molecule has 1 aromatic carbocycles. The molecule has 1 unspecified atom stereocenters. The minimum atomic E-state index is -4.60. The van der Waals surface area contributed by atoms with Crippen LogP contribution in [0.2, 0.25) is 5.15 Å². The maximum Gasteiger partial charge on any atom is 0.416 e. The molecule has 3 aromatic rings. The zero-order valence-corrected chi connectivity index (χ0v) is 15.7. The molecule has 4 rings (SSSR count). The van der Waals surface area contributed by atoms with Gasteiger partial charge in [0.25, 0.3) is 5.82 Å². The summed E-state index contributed by atoms with van der Waals surface area (Å²) in [7, 11) is 1.44. The normalized spacial score (nSPS) is 16.1. The Morgan fingerprint density at radius 3 is 2.72 bits per heavy atom. The van der Waals surface area contributed by atoms with E-state index in [1.54, 1.807) is 6.07 Å². The van der Waals surface area contributed by atoms with Crippen LogP contribution in [0.15, 0.2) is 47.4 Å². The minimum Gasteiger partial charge on any atom is -0.842 e. The zero-order valence-electron chi connectivity index (χ0n) is 14.9. The number of aromatic nitrogens is 3. The van der Waals surface area contributed by atoms with Crippen molar-refractivity contribution in [2.45, 2.75) is 19.0 Å². The maximum absolute atomic E-state index is 13.2. The average Bonchev–Trinajstić information content (AvgIpc) is 3.12. The van der Waals surface area contributed by atoms with Crippen molar-refractivity contribution < 1.29 is 27.6 Å². The smallest absolute Gasteiger partial charge is 0.416 e. The summed E-state index contributed by atoms with van der Waals surface area (Å²) in [5.74, 6) is -0.394. The number of rotatable bonds is 2. The highest BCUT2D eigenvalue weighted by Crippen LogP contribution is 2.33. The van der Waals surface area contributed by atoms with Crippen LogP contribution in [0.3, 0.4) is 0 Å². The first-order valence-electron chi connectivity index (χ1n) is 8.43. The van der Waals surface area contributed by atoms with Crippen LogP contribution < -0.4 is 15.2 Å². The van der Waals surface area contributed by atoms with Crippen LogP contribution in [0.5, 0.6) is 5.88 Å². The topological polar surface area (TPSA) is 71.1 Å². The Kier molecular flexibility index (Phi) is 4.59. The first-order chi connectivity index (χ1) is 13.7. The fourth-order valence-electron chi connectivity index (χ4n) is 3.29. The molecule has 3 heterocycles. The van der Waals surface area contributed by atoms with E-state index in [4.69, 9.17) is 16.3 Å². The van der Waals surface area contributed by atoms with Crippen LogP contribution in [-0.4, -0.2) is 9.55 Å². The van der Waals surface area contributed by atoms with Gasteiger partial charge in [0.1, 0.15) is 10.7 Å². The van der Waals surface area contributed by atoms with Gasteiger partial charge in [0.05, 0.1) is 18.5 Å². The summed E-state index contributed by atoms with van der Waals surface area (Å²) in [4.78, 5) is 17.1. The number of ether oxygens (including phenoxy) is 1. The molecule has 10 heteroatoms. The Balaban J connectivity index is 1.93. The van der Waals surface area contributed by atoms with E-state index in [-0.39, 0.29) is 22.9 Å². The van der Waals surface area contributed by atoms with Gasteiger partial charge in [0.2, 0.25) is 6.23 Å². The van der Waals surface area contributed by atoms with E-state index < -0.39 is 29.4 Å². The van der Waals surface area contributed by atoms with Crippen molar-refractivity contribution in [2.75, 3.05) is 0 Å². The molecular formula is C19H13ClF3N3O3.